The van der Waals surface area contributed by atoms with E-state index in [-0.39, 0.29) is 11.4 Å². The van der Waals surface area contributed by atoms with Crippen molar-refractivity contribution in [3.05, 3.63) is 81.7 Å². The third-order valence-corrected chi connectivity index (χ3v) is 5.19. The van der Waals surface area contributed by atoms with Gasteiger partial charge >= 0.3 is 0 Å². The molecule has 4 nitrogen and oxygen atoms in total. The smallest absolute Gasteiger partial charge is 0.243 e. The molecule has 0 N–H and O–H groups in total. The molecule has 0 saturated heterocycles. The minimum Gasteiger partial charge on any atom is -0.479 e. The number of halogens is 4. The molecule has 0 spiro atoms. The average molecular weight is 461 g/mol. The Bertz CT molecular complexity index is 1230. The van der Waals surface area contributed by atoms with Crippen LogP contribution in [0.3, 0.4) is 0 Å². The van der Waals surface area contributed by atoms with Crippen molar-refractivity contribution in [2.45, 2.75) is 0 Å². The number of hydrogen-bond acceptors (Lipinski definition) is 4. The summed E-state index contributed by atoms with van der Waals surface area (Å²) in [6.45, 7) is 0. The number of pyridine rings is 1. The van der Waals surface area contributed by atoms with Crippen LogP contribution in [-0.4, -0.2) is 22.3 Å². The molecule has 4 rings (SSSR count). The summed E-state index contributed by atoms with van der Waals surface area (Å²) < 4.78 is 20.2. The second-order valence-electron chi connectivity index (χ2n) is 6.28. The van der Waals surface area contributed by atoms with Crippen LogP contribution in [-0.2, 0) is 0 Å². The molecule has 0 unspecified atom stereocenters. The van der Waals surface area contributed by atoms with Crippen molar-refractivity contribution in [3.8, 4) is 39.5 Å². The monoisotopic (exact) mass is 459 g/mol. The molecule has 0 amide bonds. The van der Waals surface area contributed by atoms with Crippen LogP contribution < -0.4 is 4.74 Å². The Labute approximate surface area is 187 Å². The van der Waals surface area contributed by atoms with Gasteiger partial charge in [-0.05, 0) is 35.9 Å². The zero-order valence-electron chi connectivity index (χ0n) is 15.5. The standard InChI is InChI=1S/C22H13Cl3FN3O/c1-30-22-19(21-16(25)10-14(24)11-27-21)18(12-6-8-13(23)9-7-12)20(28-29-22)15-4-2-3-5-17(15)26/h2-11H,1H3. The van der Waals surface area contributed by atoms with Crippen LogP contribution in [0.1, 0.15) is 0 Å². The molecule has 0 saturated carbocycles. The molecule has 150 valence electrons. The predicted molar refractivity (Wildman–Crippen MR) is 118 cm³/mol. The fourth-order valence-corrected chi connectivity index (χ4v) is 3.72. The maximum Gasteiger partial charge on any atom is 0.243 e. The molecule has 30 heavy (non-hydrogen) atoms. The summed E-state index contributed by atoms with van der Waals surface area (Å²) in [6.07, 6.45) is 1.47. The number of hydrogen-bond donors (Lipinski definition) is 0. The Kier molecular flexibility index (Phi) is 5.86. The summed E-state index contributed by atoms with van der Waals surface area (Å²) in [6, 6.07) is 15.0. The van der Waals surface area contributed by atoms with Crippen molar-refractivity contribution in [1.82, 2.24) is 15.2 Å². The molecule has 0 fully saturated rings. The van der Waals surface area contributed by atoms with Gasteiger partial charge in [-0.25, -0.2) is 4.39 Å². The van der Waals surface area contributed by atoms with E-state index in [2.05, 4.69) is 15.2 Å². The molecule has 2 aromatic heterocycles. The number of methoxy groups -OCH3 is 1. The maximum atomic E-state index is 14.7. The Balaban J connectivity index is 2.13. The SMILES string of the molecule is COc1nnc(-c2ccccc2F)c(-c2ccc(Cl)cc2)c1-c1ncc(Cl)cc1Cl. The van der Waals surface area contributed by atoms with Gasteiger partial charge in [-0.1, -0.05) is 59.1 Å². The Morgan fingerprint density at radius 2 is 1.57 bits per heavy atom. The van der Waals surface area contributed by atoms with Crippen LogP contribution in [0.4, 0.5) is 4.39 Å². The molecule has 0 aliphatic carbocycles. The molecule has 0 aliphatic heterocycles. The summed E-state index contributed by atoms with van der Waals surface area (Å²) >= 11 is 18.6. The molecule has 2 heterocycles. The third kappa shape index (κ3) is 3.84. The lowest BCUT2D eigenvalue weighted by Gasteiger charge is -2.17. The first kappa shape index (κ1) is 20.5. The first-order chi connectivity index (χ1) is 14.5. The van der Waals surface area contributed by atoms with E-state index in [0.717, 1.165) is 0 Å². The van der Waals surface area contributed by atoms with Crippen molar-refractivity contribution in [2.75, 3.05) is 7.11 Å². The Morgan fingerprint density at radius 1 is 0.833 bits per heavy atom. The highest BCUT2D eigenvalue weighted by atomic mass is 35.5. The van der Waals surface area contributed by atoms with Gasteiger partial charge in [-0.3, -0.25) is 4.98 Å². The fraction of sp³-hybridized carbons (Fsp3) is 0.0455. The zero-order chi connectivity index (χ0) is 21.3. The lowest BCUT2D eigenvalue weighted by Crippen LogP contribution is -2.03. The van der Waals surface area contributed by atoms with E-state index in [9.17, 15) is 4.39 Å². The van der Waals surface area contributed by atoms with Crippen LogP contribution >= 0.6 is 34.8 Å². The zero-order valence-corrected chi connectivity index (χ0v) is 17.8. The molecule has 2 aromatic carbocycles. The van der Waals surface area contributed by atoms with Gasteiger partial charge in [0.05, 0.1) is 28.4 Å². The van der Waals surface area contributed by atoms with Crippen molar-refractivity contribution < 1.29 is 9.13 Å². The highest BCUT2D eigenvalue weighted by molar-refractivity contribution is 6.36. The van der Waals surface area contributed by atoms with Gasteiger partial charge in [0, 0.05) is 22.3 Å². The quantitative estimate of drug-likeness (QED) is 0.329. The minimum atomic E-state index is -0.437. The fourth-order valence-electron chi connectivity index (χ4n) is 3.12. The van der Waals surface area contributed by atoms with Gasteiger partial charge < -0.3 is 4.74 Å². The van der Waals surface area contributed by atoms with Crippen molar-refractivity contribution in [1.29, 1.82) is 0 Å². The lowest BCUT2D eigenvalue weighted by atomic mass is 9.93. The van der Waals surface area contributed by atoms with Crippen LogP contribution in [0.2, 0.25) is 15.1 Å². The van der Waals surface area contributed by atoms with Gasteiger partial charge in [0.1, 0.15) is 11.5 Å². The van der Waals surface area contributed by atoms with E-state index in [1.807, 2.05) is 0 Å². The molecule has 0 atom stereocenters. The van der Waals surface area contributed by atoms with E-state index in [0.29, 0.717) is 43.1 Å². The van der Waals surface area contributed by atoms with Crippen molar-refractivity contribution in [2.24, 2.45) is 0 Å². The van der Waals surface area contributed by atoms with E-state index in [1.54, 1.807) is 48.5 Å². The second-order valence-corrected chi connectivity index (χ2v) is 7.56. The van der Waals surface area contributed by atoms with Crippen molar-refractivity contribution in [3.63, 3.8) is 0 Å². The number of ether oxygens (including phenoxy) is 1. The van der Waals surface area contributed by atoms with Gasteiger partial charge in [-0.2, -0.15) is 0 Å². The largest absolute Gasteiger partial charge is 0.479 e. The first-order valence-electron chi connectivity index (χ1n) is 8.76. The molecular formula is C22H13Cl3FN3O. The lowest BCUT2D eigenvalue weighted by molar-refractivity contribution is 0.394. The van der Waals surface area contributed by atoms with Gasteiger partial charge in [0.2, 0.25) is 5.88 Å². The summed E-state index contributed by atoms with van der Waals surface area (Å²) in [5.74, 6) is -0.245. The van der Waals surface area contributed by atoms with Crippen LogP contribution in [0.15, 0.2) is 60.8 Å². The van der Waals surface area contributed by atoms with Gasteiger partial charge in [0.15, 0.2) is 0 Å². The summed E-state index contributed by atoms with van der Waals surface area (Å²) in [5, 5.41) is 9.67. The van der Waals surface area contributed by atoms with Gasteiger partial charge in [-0.15, -0.1) is 10.2 Å². The maximum absolute atomic E-state index is 14.7. The number of benzene rings is 2. The molecule has 0 bridgehead atoms. The van der Waals surface area contributed by atoms with Crippen molar-refractivity contribution >= 4 is 34.8 Å². The summed E-state index contributed by atoms with van der Waals surface area (Å²) in [7, 11) is 1.46. The molecule has 0 aliphatic rings. The average Bonchev–Trinajstić information content (AvgIpc) is 2.74. The third-order valence-electron chi connectivity index (χ3n) is 4.44. The summed E-state index contributed by atoms with van der Waals surface area (Å²) in [5.41, 5.74) is 2.72. The minimum absolute atomic E-state index is 0.191. The topological polar surface area (TPSA) is 47.9 Å². The molecule has 4 aromatic rings. The second kappa shape index (κ2) is 8.56. The van der Waals surface area contributed by atoms with Crippen LogP contribution in [0, 0.1) is 5.82 Å². The number of rotatable bonds is 4. The normalized spacial score (nSPS) is 10.8. The summed E-state index contributed by atoms with van der Waals surface area (Å²) in [4.78, 5) is 4.39. The van der Waals surface area contributed by atoms with Gasteiger partial charge in [0.25, 0.3) is 0 Å². The van der Waals surface area contributed by atoms with Crippen LogP contribution in [0.5, 0.6) is 5.88 Å². The number of aromatic nitrogens is 3. The van der Waals surface area contributed by atoms with E-state index in [1.165, 1.54) is 19.4 Å². The number of nitrogens with zero attached hydrogens (tertiary/aromatic N) is 3. The van der Waals surface area contributed by atoms with E-state index < -0.39 is 5.82 Å². The van der Waals surface area contributed by atoms with E-state index in [4.69, 9.17) is 39.5 Å². The highest BCUT2D eigenvalue weighted by Gasteiger charge is 2.25. The molecular weight excluding hydrogens is 448 g/mol. The van der Waals surface area contributed by atoms with E-state index >= 15 is 0 Å². The Hall–Kier alpha value is -2.73. The molecule has 0 radical (unpaired) electrons. The molecule has 8 heteroatoms. The Morgan fingerprint density at radius 3 is 2.23 bits per heavy atom. The first-order valence-corrected chi connectivity index (χ1v) is 9.90. The predicted octanol–water partition coefficient (Wildman–Crippen LogP) is 6.98. The highest BCUT2D eigenvalue weighted by Crippen LogP contribution is 2.44. The van der Waals surface area contributed by atoms with Crippen LogP contribution in [0.25, 0.3) is 33.6 Å².